The molecule has 0 aromatic heterocycles. The van der Waals surface area contributed by atoms with Crippen LogP contribution in [0.2, 0.25) is 0 Å². The van der Waals surface area contributed by atoms with Crippen LogP contribution >= 0.6 is 0 Å². The molecule has 0 aromatic carbocycles. The minimum absolute atomic E-state index is 0.0423. The molecule has 35 heavy (non-hydrogen) atoms. The predicted octanol–water partition coefficient (Wildman–Crippen LogP) is 2.84. The summed E-state index contributed by atoms with van der Waals surface area (Å²) in [7, 11) is 0. The number of aliphatic hydroxyl groups is 3. The Labute approximate surface area is 207 Å². The molecule has 10 atom stereocenters. The highest BCUT2D eigenvalue weighted by atomic mass is 16.6. The molecule has 2 aliphatic heterocycles. The molecule has 0 spiro atoms. The molecule has 7 nitrogen and oxygen atoms in total. The molecule has 5 fully saturated rings. The quantitative estimate of drug-likeness (QED) is 0.512. The van der Waals surface area contributed by atoms with E-state index in [1.165, 1.54) is 0 Å². The van der Waals surface area contributed by atoms with Gasteiger partial charge in [-0.2, -0.15) is 0 Å². The van der Waals surface area contributed by atoms with E-state index in [4.69, 9.17) is 9.47 Å². The summed E-state index contributed by atoms with van der Waals surface area (Å²) in [6.07, 6.45) is 4.62. The molecule has 6 rings (SSSR count). The summed E-state index contributed by atoms with van der Waals surface area (Å²) in [4.78, 5) is 26.1. The van der Waals surface area contributed by atoms with Crippen LogP contribution in [-0.4, -0.2) is 62.7 Å². The van der Waals surface area contributed by atoms with E-state index in [2.05, 4.69) is 13.8 Å². The van der Waals surface area contributed by atoms with Gasteiger partial charge in [-0.1, -0.05) is 12.5 Å². The summed E-state index contributed by atoms with van der Waals surface area (Å²) in [6.45, 7) is 7.85. The molecule has 6 aliphatic rings. The molecule has 4 aliphatic carbocycles. The highest BCUT2D eigenvalue weighted by molar-refractivity contribution is 5.90. The van der Waals surface area contributed by atoms with E-state index in [1.807, 2.05) is 13.8 Å². The van der Waals surface area contributed by atoms with Gasteiger partial charge in [-0.25, -0.2) is 4.79 Å². The number of ketones is 1. The Kier molecular flexibility index (Phi) is 4.94. The Bertz CT molecular complexity index is 1020. The first-order valence-electron chi connectivity index (χ1n) is 13.5. The zero-order chi connectivity index (χ0) is 25.2. The van der Waals surface area contributed by atoms with Crippen LogP contribution in [0.25, 0.3) is 0 Å². The molecular formula is C28H40O7. The van der Waals surface area contributed by atoms with Gasteiger partial charge in [0, 0.05) is 18.3 Å². The first kappa shape index (κ1) is 24.1. The lowest BCUT2D eigenvalue weighted by Crippen LogP contribution is -2.72. The molecule has 1 saturated heterocycles. The number of Topliss-reactive ketones (excluding diaryl/α,β-unsaturated/α-hetero) is 1. The number of cyclic esters (lactones) is 1. The first-order chi connectivity index (χ1) is 16.4. The van der Waals surface area contributed by atoms with Gasteiger partial charge in [0.05, 0.1) is 29.3 Å². The fourth-order valence-corrected chi connectivity index (χ4v) is 10.3. The summed E-state index contributed by atoms with van der Waals surface area (Å²) in [6, 6.07) is 0. The van der Waals surface area contributed by atoms with E-state index in [0.29, 0.717) is 37.7 Å². The van der Waals surface area contributed by atoms with E-state index >= 15 is 0 Å². The average molecular weight is 489 g/mol. The fraction of sp³-hybridized carbons (Fsp3) is 0.857. The summed E-state index contributed by atoms with van der Waals surface area (Å²) in [5.41, 5.74) is -2.54. The normalized spacial score (nSPS) is 55.3. The van der Waals surface area contributed by atoms with E-state index in [1.54, 1.807) is 0 Å². The highest BCUT2D eigenvalue weighted by Gasteiger charge is 2.80. The van der Waals surface area contributed by atoms with E-state index in [9.17, 15) is 24.9 Å². The molecule has 3 N–H and O–H groups in total. The monoisotopic (exact) mass is 488 g/mol. The largest absolute Gasteiger partial charge is 0.456 e. The topological polar surface area (TPSA) is 113 Å². The fourth-order valence-electron chi connectivity index (χ4n) is 10.3. The zero-order valence-corrected chi connectivity index (χ0v) is 21.4. The lowest BCUT2D eigenvalue weighted by atomic mass is 9.41. The number of hydrogen-bond donors (Lipinski definition) is 3. The molecule has 0 unspecified atom stereocenters. The standard InChI is InChI=1S/C28H40O7/c1-15-12-22(34-23(32)16(15)14-29)26(4)19-8-11-28(35-26)18-13-21(31)27(33)9-5-6-20(30)25(27,3)17(18)7-10-24(19,28)2/h17-19,21-22,29,31,33H,5-14H2,1-4H3/t17-,18+,19-,21+,22+,24+,25-,26+,27-,28+/m0/s1. The lowest BCUT2D eigenvalue weighted by molar-refractivity contribution is -0.281. The van der Waals surface area contributed by atoms with Gasteiger partial charge in [0.1, 0.15) is 23.1 Å². The van der Waals surface area contributed by atoms with Crippen molar-refractivity contribution in [1.82, 2.24) is 0 Å². The Hall–Kier alpha value is -1.28. The zero-order valence-electron chi connectivity index (χ0n) is 21.4. The third-order valence-electron chi connectivity index (χ3n) is 12.2. The number of carbonyl (C=O) groups is 2. The van der Waals surface area contributed by atoms with Crippen molar-refractivity contribution in [2.45, 2.75) is 114 Å². The molecule has 2 bridgehead atoms. The van der Waals surface area contributed by atoms with Crippen LogP contribution in [0.3, 0.4) is 0 Å². The minimum Gasteiger partial charge on any atom is -0.456 e. The van der Waals surface area contributed by atoms with Gasteiger partial charge in [0.2, 0.25) is 0 Å². The Balaban J connectivity index is 1.41. The summed E-state index contributed by atoms with van der Waals surface area (Å²) in [5.74, 6) is -0.289. The summed E-state index contributed by atoms with van der Waals surface area (Å²) in [5, 5.41) is 32.7. The van der Waals surface area contributed by atoms with Crippen molar-refractivity contribution >= 4 is 11.8 Å². The van der Waals surface area contributed by atoms with Crippen molar-refractivity contribution in [1.29, 1.82) is 0 Å². The number of hydrogen-bond acceptors (Lipinski definition) is 7. The van der Waals surface area contributed by atoms with E-state index < -0.39 is 40.4 Å². The first-order valence-corrected chi connectivity index (χ1v) is 13.5. The van der Waals surface area contributed by atoms with E-state index in [0.717, 1.165) is 31.3 Å². The Morgan fingerprint density at radius 1 is 1.06 bits per heavy atom. The van der Waals surface area contributed by atoms with E-state index in [-0.39, 0.29) is 35.6 Å². The van der Waals surface area contributed by atoms with Crippen molar-refractivity contribution in [3.63, 3.8) is 0 Å². The third-order valence-corrected chi connectivity index (χ3v) is 12.2. The third kappa shape index (κ3) is 2.56. The van der Waals surface area contributed by atoms with Crippen molar-refractivity contribution in [3.05, 3.63) is 11.1 Å². The molecule has 0 amide bonds. The van der Waals surface area contributed by atoms with Gasteiger partial charge in [-0.05, 0) is 83.5 Å². The number of ether oxygens (including phenoxy) is 2. The van der Waals surface area contributed by atoms with Gasteiger partial charge in [0.15, 0.2) is 0 Å². The molecule has 0 aromatic rings. The van der Waals surface area contributed by atoms with Crippen molar-refractivity contribution < 1.29 is 34.4 Å². The number of carbonyl (C=O) groups excluding carboxylic acids is 2. The second kappa shape index (κ2) is 7.18. The van der Waals surface area contributed by atoms with Crippen LogP contribution < -0.4 is 0 Å². The smallest absolute Gasteiger partial charge is 0.336 e. The summed E-state index contributed by atoms with van der Waals surface area (Å²) >= 11 is 0. The second-order valence-electron chi connectivity index (χ2n) is 13.1. The second-order valence-corrected chi connectivity index (χ2v) is 13.1. The maximum atomic E-state index is 13.4. The maximum Gasteiger partial charge on any atom is 0.336 e. The van der Waals surface area contributed by atoms with Gasteiger partial charge in [-0.15, -0.1) is 0 Å². The number of fused-ring (bicyclic) bond motifs is 3. The SMILES string of the molecule is CC1=C(CO)C(=O)O[C@@H]([C@]2(C)O[C@@]34CC[C@H]2[C@@]3(C)CC[C@H]2[C@H]4C[C@@H](O)[C@@]3(O)CCCC(=O)[C@]23C)C1. The van der Waals surface area contributed by atoms with Crippen LogP contribution in [0.15, 0.2) is 11.1 Å². The molecule has 2 heterocycles. The Morgan fingerprint density at radius 2 is 1.80 bits per heavy atom. The van der Waals surface area contributed by atoms with Crippen molar-refractivity contribution in [2.75, 3.05) is 6.61 Å². The van der Waals surface area contributed by atoms with Crippen LogP contribution in [0.1, 0.15) is 85.5 Å². The molecule has 7 heteroatoms. The minimum atomic E-state index is -1.38. The van der Waals surface area contributed by atoms with Crippen LogP contribution in [0.5, 0.6) is 0 Å². The van der Waals surface area contributed by atoms with Gasteiger partial charge < -0.3 is 24.8 Å². The molecular weight excluding hydrogens is 448 g/mol. The predicted molar refractivity (Wildman–Crippen MR) is 126 cm³/mol. The lowest BCUT2D eigenvalue weighted by Gasteiger charge is -2.65. The molecule has 194 valence electrons. The maximum absolute atomic E-state index is 13.4. The van der Waals surface area contributed by atoms with Crippen molar-refractivity contribution in [3.8, 4) is 0 Å². The molecule has 4 saturated carbocycles. The number of aliphatic hydroxyl groups excluding tert-OH is 2. The van der Waals surface area contributed by atoms with Gasteiger partial charge >= 0.3 is 5.97 Å². The van der Waals surface area contributed by atoms with Gasteiger partial charge in [-0.3, -0.25) is 4.79 Å². The van der Waals surface area contributed by atoms with Gasteiger partial charge in [0.25, 0.3) is 0 Å². The number of rotatable bonds is 2. The van der Waals surface area contributed by atoms with Crippen molar-refractivity contribution in [2.24, 2.45) is 28.6 Å². The average Bonchev–Trinajstić information content (AvgIpc) is 3.20. The van der Waals surface area contributed by atoms with Crippen LogP contribution in [-0.2, 0) is 19.1 Å². The number of esters is 1. The summed E-state index contributed by atoms with van der Waals surface area (Å²) < 4.78 is 13.1. The van der Waals surface area contributed by atoms with Crippen LogP contribution in [0, 0.1) is 28.6 Å². The van der Waals surface area contributed by atoms with Crippen LogP contribution in [0.4, 0.5) is 0 Å². The Morgan fingerprint density at radius 3 is 2.49 bits per heavy atom. The molecule has 0 radical (unpaired) electrons. The highest BCUT2D eigenvalue weighted by Crippen LogP contribution is 2.76.